The fraction of sp³-hybridized carbons (Fsp3) is 0.133. The number of anilines is 2. The van der Waals surface area contributed by atoms with Gasteiger partial charge in [-0.25, -0.2) is 9.18 Å². The zero-order valence-corrected chi connectivity index (χ0v) is 12.2. The molecule has 0 heterocycles. The van der Waals surface area contributed by atoms with Crippen molar-refractivity contribution in [3.63, 3.8) is 0 Å². The minimum Gasteiger partial charge on any atom is -0.392 e. The molecule has 4 nitrogen and oxygen atoms in total. The van der Waals surface area contributed by atoms with E-state index in [0.29, 0.717) is 11.3 Å². The topological polar surface area (TPSA) is 61.4 Å². The summed E-state index contributed by atoms with van der Waals surface area (Å²) in [5.74, 6) is -0.480. The number of aliphatic hydroxyl groups is 1. The van der Waals surface area contributed by atoms with Crippen molar-refractivity contribution in [3.05, 3.63) is 53.8 Å². The van der Waals surface area contributed by atoms with Crippen LogP contribution >= 0.6 is 11.8 Å². The zero-order valence-electron chi connectivity index (χ0n) is 11.4. The Morgan fingerprint density at radius 1 is 1.24 bits per heavy atom. The summed E-state index contributed by atoms with van der Waals surface area (Å²) in [5, 5.41) is 14.4. The lowest BCUT2D eigenvalue weighted by atomic mass is 10.2. The van der Waals surface area contributed by atoms with E-state index in [0.717, 1.165) is 4.90 Å². The van der Waals surface area contributed by atoms with Crippen LogP contribution in [0.3, 0.4) is 0 Å². The quantitative estimate of drug-likeness (QED) is 0.755. The Morgan fingerprint density at radius 2 is 2.05 bits per heavy atom. The third-order valence-corrected chi connectivity index (χ3v) is 3.54. The maximum atomic E-state index is 13.2. The van der Waals surface area contributed by atoms with Gasteiger partial charge in [-0.15, -0.1) is 11.8 Å². The van der Waals surface area contributed by atoms with Gasteiger partial charge in [-0.3, -0.25) is 0 Å². The number of carbonyl (C=O) groups excluding carboxylic acids is 1. The Kier molecular flexibility index (Phi) is 5.19. The van der Waals surface area contributed by atoms with E-state index in [9.17, 15) is 14.3 Å². The Balaban J connectivity index is 2.09. The Hall–Kier alpha value is -2.05. The summed E-state index contributed by atoms with van der Waals surface area (Å²) in [6.45, 7) is -0.280. The molecule has 0 aliphatic rings. The molecule has 2 amide bonds. The first-order valence-corrected chi connectivity index (χ1v) is 7.46. The second-order valence-corrected chi connectivity index (χ2v) is 5.15. The molecular formula is C15H15FN2O2S. The van der Waals surface area contributed by atoms with Crippen LogP contribution in [-0.4, -0.2) is 17.4 Å². The maximum absolute atomic E-state index is 13.2. The van der Waals surface area contributed by atoms with Crippen molar-refractivity contribution in [2.45, 2.75) is 11.5 Å². The van der Waals surface area contributed by atoms with Crippen molar-refractivity contribution in [3.8, 4) is 0 Å². The lowest BCUT2D eigenvalue weighted by Gasteiger charge is -2.11. The predicted molar refractivity (Wildman–Crippen MR) is 83.2 cm³/mol. The Labute approximate surface area is 126 Å². The second kappa shape index (κ2) is 7.10. The fourth-order valence-electron chi connectivity index (χ4n) is 1.79. The highest BCUT2D eigenvalue weighted by molar-refractivity contribution is 7.98. The van der Waals surface area contributed by atoms with Gasteiger partial charge in [0.15, 0.2) is 0 Å². The highest BCUT2D eigenvalue weighted by atomic mass is 32.2. The first-order chi connectivity index (χ1) is 10.1. The summed E-state index contributed by atoms with van der Waals surface area (Å²) in [4.78, 5) is 13.0. The van der Waals surface area contributed by atoms with E-state index in [4.69, 9.17) is 0 Å². The Morgan fingerprint density at radius 3 is 2.76 bits per heavy atom. The minimum atomic E-state index is -0.492. The smallest absolute Gasteiger partial charge is 0.323 e. The number of nitrogens with one attached hydrogen (secondary N) is 2. The molecule has 0 aliphatic heterocycles. The lowest BCUT2D eigenvalue weighted by molar-refractivity contribution is 0.262. The second-order valence-electron chi connectivity index (χ2n) is 4.27. The number of hydrogen-bond donors (Lipinski definition) is 3. The molecule has 0 unspecified atom stereocenters. The summed E-state index contributed by atoms with van der Waals surface area (Å²) < 4.78 is 13.2. The molecular weight excluding hydrogens is 291 g/mol. The summed E-state index contributed by atoms with van der Waals surface area (Å²) >= 11 is 1.57. The third kappa shape index (κ3) is 4.21. The van der Waals surface area contributed by atoms with Crippen molar-refractivity contribution < 1.29 is 14.3 Å². The number of rotatable bonds is 4. The standard InChI is InChI=1S/C15H15FN2O2S/c1-21-13-4-2-3-12(8-13)17-15(20)18-14-7-11(16)6-5-10(14)9-19/h2-8,19H,9H2,1H3,(H2,17,18,20). The van der Waals surface area contributed by atoms with Gasteiger partial charge in [0.2, 0.25) is 0 Å². The number of hydrogen-bond acceptors (Lipinski definition) is 3. The van der Waals surface area contributed by atoms with Gasteiger partial charge in [-0.2, -0.15) is 0 Å². The van der Waals surface area contributed by atoms with Crippen LogP contribution in [0.25, 0.3) is 0 Å². The van der Waals surface area contributed by atoms with Gasteiger partial charge in [0.1, 0.15) is 5.82 Å². The van der Waals surface area contributed by atoms with E-state index in [1.54, 1.807) is 17.8 Å². The molecule has 2 rings (SSSR count). The van der Waals surface area contributed by atoms with Crippen LogP contribution in [0.1, 0.15) is 5.56 Å². The molecule has 0 atom stereocenters. The van der Waals surface area contributed by atoms with Gasteiger partial charge in [-0.05, 0) is 36.6 Å². The lowest BCUT2D eigenvalue weighted by Crippen LogP contribution is -2.20. The van der Waals surface area contributed by atoms with Crippen molar-refractivity contribution in [1.29, 1.82) is 0 Å². The van der Waals surface area contributed by atoms with Gasteiger partial charge in [-0.1, -0.05) is 12.1 Å². The average Bonchev–Trinajstić information content (AvgIpc) is 2.47. The minimum absolute atomic E-state index is 0.246. The number of halogens is 1. The molecule has 0 spiro atoms. The van der Waals surface area contributed by atoms with E-state index in [1.165, 1.54) is 18.2 Å². The van der Waals surface area contributed by atoms with Gasteiger partial charge in [0.25, 0.3) is 0 Å². The first-order valence-electron chi connectivity index (χ1n) is 6.23. The summed E-state index contributed by atoms with van der Waals surface area (Å²) in [7, 11) is 0. The van der Waals surface area contributed by atoms with E-state index >= 15 is 0 Å². The highest BCUT2D eigenvalue weighted by Gasteiger charge is 2.08. The molecule has 0 radical (unpaired) electrons. The van der Waals surface area contributed by atoms with Crippen molar-refractivity contribution in [1.82, 2.24) is 0 Å². The molecule has 6 heteroatoms. The number of carbonyl (C=O) groups is 1. The normalized spacial score (nSPS) is 10.2. The molecule has 0 fully saturated rings. The largest absolute Gasteiger partial charge is 0.392 e. The van der Waals surface area contributed by atoms with Crippen LogP contribution in [0.2, 0.25) is 0 Å². The van der Waals surface area contributed by atoms with Gasteiger partial charge in [0.05, 0.1) is 12.3 Å². The number of amides is 2. The van der Waals surface area contributed by atoms with Crippen LogP contribution in [-0.2, 0) is 6.61 Å². The van der Waals surface area contributed by atoms with E-state index < -0.39 is 11.8 Å². The molecule has 21 heavy (non-hydrogen) atoms. The first kappa shape index (κ1) is 15.3. The zero-order chi connectivity index (χ0) is 15.2. The average molecular weight is 306 g/mol. The van der Waals surface area contributed by atoms with Crippen LogP contribution < -0.4 is 10.6 Å². The molecule has 0 bridgehead atoms. The van der Waals surface area contributed by atoms with E-state index in [2.05, 4.69) is 10.6 Å². The highest BCUT2D eigenvalue weighted by Crippen LogP contribution is 2.20. The molecule has 110 valence electrons. The van der Waals surface area contributed by atoms with Gasteiger partial charge in [0, 0.05) is 16.1 Å². The van der Waals surface area contributed by atoms with E-state index in [-0.39, 0.29) is 12.3 Å². The number of benzene rings is 2. The third-order valence-electron chi connectivity index (χ3n) is 2.82. The number of thioether (sulfide) groups is 1. The summed E-state index contributed by atoms with van der Waals surface area (Å²) in [6, 6.07) is 10.7. The molecule has 2 aromatic carbocycles. The molecule has 3 N–H and O–H groups in total. The van der Waals surface area contributed by atoms with Crippen LogP contribution in [0, 0.1) is 5.82 Å². The van der Waals surface area contributed by atoms with E-state index in [1.807, 2.05) is 24.5 Å². The fourth-order valence-corrected chi connectivity index (χ4v) is 2.25. The summed E-state index contributed by atoms with van der Waals surface area (Å²) in [5.41, 5.74) is 1.33. The summed E-state index contributed by atoms with van der Waals surface area (Å²) in [6.07, 6.45) is 1.94. The van der Waals surface area contributed by atoms with Crippen molar-refractivity contribution >= 4 is 29.2 Å². The molecule has 0 aromatic heterocycles. The van der Waals surface area contributed by atoms with Gasteiger partial charge < -0.3 is 15.7 Å². The molecule has 0 saturated heterocycles. The molecule has 0 aliphatic carbocycles. The number of urea groups is 1. The SMILES string of the molecule is CSc1cccc(NC(=O)Nc2cc(F)ccc2CO)c1. The van der Waals surface area contributed by atoms with Gasteiger partial charge >= 0.3 is 6.03 Å². The Bertz CT molecular complexity index is 649. The maximum Gasteiger partial charge on any atom is 0.323 e. The molecule has 0 saturated carbocycles. The van der Waals surface area contributed by atoms with Crippen LogP contribution in [0.4, 0.5) is 20.6 Å². The predicted octanol–water partition coefficient (Wildman–Crippen LogP) is 3.68. The van der Waals surface area contributed by atoms with Crippen molar-refractivity contribution in [2.24, 2.45) is 0 Å². The van der Waals surface area contributed by atoms with Crippen LogP contribution in [0.15, 0.2) is 47.4 Å². The monoisotopic (exact) mass is 306 g/mol. The van der Waals surface area contributed by atoms with Crippen LogP contribution in [0.5, 0.6) is 0 Å². The molecule has 2 aromatic rings. The number of aliphatic hydroxyl groups excluding tert-OH is 1. The van der Waals surface area contributed by atoms with Crippen molar-refractivity contribution in [2.75, 3.05) is 16.9 Å².